The number of pyridine rings is 1. The number of nitrogens with zero attached hydrogens (tertiary/aromatic N) is 3. The Kier molecular flexibility index (Phi) is 4.68. The fourth-order valence-corrected chi connectivity index (χ4v) is 3.42. The van der Waals surface area contributed by atoms with Crippen molar-refractivity contribution in [3.05, 3.63) is 53.9 Å². The van der Waals surface area contributed by atoms with Gasteiger partial charge in [-0.2, -0.15) is 4.98 Å². The Hall–Kier alpha value is -3.42. The van der Waals surface area contributed by atoms with Crippen LogP contribution < -0.4 is 15.6 Å². The van der Waals surface area contributed by atoms with Crippen molar-refractivity contribution in [1.29, 1.82) is 0 Å². The number of hydrazine groups is 1. The molecule has 2 aromatic heterocycles. The van der Waals surface area contributed by atoms with Crippen LogP contribution in [0.5, 0.6) is 5.75 Å². The highest BCUT2D eigenvalue weighted by Crippen LogP contribution is 2.45. The number of carbonyl (C=O) groups excluding carboxylic acids is 1. The molecular formula is C20H21N5O3. The first-order valence-corrected chi connectivity index (χ1v) is 9.08. The predicted molar refractivity (Wildman–Crippen MR) is 103 cm³/mol. The van der Waals surface area contributed by atoms with Crippen LogP contribution in [0.2, 0.25) is 0 Å². The van der Waals surface area contributed by atoms with Gasteiger partial charge in [0.25, 0.3) is 0 Å². The van der Waals surface area contributed by atoms with Crippen molar-refractivity contribution in [2.45, 2.75) is 31.6 Å². The minimum absolute atomic E-state index is 0.121. The van der Waals surface area contributed by atoms with Crippen LogP contribution in [-0.4, -0.2) is 28.1 Å². The molecule has 2 N–H and O–H groups in total. The smallest absolute Gasteiger partial charge is 0.340 e. The number of hydrogen-bond donors (Lipinski definition) is 2. The molecule has 0 radical (unpaired) electrons. The average molecular weight is 379 g/mol. The van der Waals surface area contributed by atoms with E-state index in [1.165, 1.54) is 0 Å². The molecule has 8 nitrogen and oxygen atoms in total. The number of aromatic nitrogens is 3. The second kappa shape index (κ2) is 7.30. The van der Waals surface area contributed by atoms with Gasteiger partial charge < -0.3 is 9.26 Å². The summed E-state index contributed by atoms with van der Waals surface area (Å²) in [5.74, 6) is 1.07. The Morgan fingerprint density at radius 2 is 2.00 bits per heavy atom. The van der Waals surface area contributed by atoms with E-state index in [4.69, 9.17) is 9.26 Å². The zero-order chi connectivity index (χ0) is 19.6. The number of carbonyl (C=O) groups is 1. The van der Waals surface area contributed by atoms with Gasteiger partial charge in [0.1, 0.15) is 5.75 Å². The molecule has 3 aromatic rings. The maximum Gasteiger partial charge on any atom is 0.340 e. The summed E-state index contributed by atoms with van der Waals surface area (Å²) < 4.78 is 10.6. The highest BCUT2D eigenvalue weighted by atomic mass is 16.5. The molecule has 2 heterocycles. The van der Waals surface area contributed by atoms with E-state index in [0.29, 0.717) is 5.82 Å². The molecule has 0 saturated heterocycles. The SMILES string of the molecule is COc1cc(C2(C(=O)NNc3nc(-c4ccncc4)no3)CCC2)ccc1C. The van der Waals surface area contributed by atoms with Crippen molar-refractivity contribution >= 4 is 11.9 Å². The molecule has 28 heavy (non-hydrogen) atoms. The standard InChI is InChI=1S/C20H21N5O3/c1-13-4-5-15(12-16(13)27-2)20(8-3-9-20)18(26)23-24-19-22-17(25-28-19)14-6-10-21-11-7-14/h4-7,10-12H,3,8-9H2,1-2H3,(H,23,26)(H,22,24,25). The third-order valence-corrected chi connectivity index (χ3v) is 5.25. The Labute approximate surface area is 162 Å². The highest BCUT2D eigenvalue weighted by Gasteiger charge is 2.46. The van der Waals surface area contributed by atoms with E-state index in [9.17, 15) is 4.79 Å². The van der Waals surface area contributed by atoms with Crippen molar-refractivity contribution in [2.24, 2.45) is 0 Å². The Morgan fingerprint density at radius 3 is 2.68 bits per heavy atom. The Balaban J connectivity index is 1.48. The second-order valence-electron chi connectivity index (χ2n) is 6.86. The summed E-state index contributed by atoms with van der Waals surface area (Å²) in [6.45, 7) is 1.98. The number of anilines is 1. The van der Waals surface area contributed by atoms with Crippen LogP contribution in [0.15, 0.2) is 47.2 Å². The van der Waals surface area contributed by atoms with E-state index in [1.807, 2.05) is 25.1 Å². The first kappa shape index (κ1) is 18.0. The van der Waals surface area contributed by atoms with Crippen LogP contribution in [0.4, 0.5) is 6.01 Å². The molecule has 0 spiro atoms. The lowest BCUT2D eigenvalue weighted by atomic mass is 9.64. The normalized spacial score (nSPS) is 14.8. The van der Waals surface area contributed by atoms with E-state index in [1.54, 1.807) is 31.6 Å². The minimum atomic E-state index is -0.581. The molecule has 8 heteroatoms. The monoisotopic (exact) mass is 379 g/mol. The molecule has 1 aromatic carbocycles. The molecule has 0 atom stereocenters. The third-order valence-electron chi connectivity index (χ3n) is 5.25. The molecule has 1 fully saturated rings. The van der Waals surface area contributed by atoms with Gasteiger partial charge in [0.2, 0.25) is 11.7 Å². The van der Waals surface area contributed by atoms with Gasteiger partial charge in [-0.3, -0.25) is 15.2 Å². The lowest BCUT2D eigenvalue weighted by Gasteiger charge is -2.40. The minimum Gasteiger partial charge on any atom is -0.496 e. The van der Waals surface area contributed by atoms with Crippen molar-refractivity contribution in [2.75, 3.05) is 12.5 Å². The highest BCUT2D eigenvalue weighted by molar-refractivity contribution is 5.90. The average Bonchev–Trinajstić information content (AvgIpc) is 3.16. The molecule has 144 valence electrons. The van der Waals surface area contributed by atoms with E-state index in [-0.39, 0.29) is 11.9 Å². The second-order valence-corrected chi connectivity index (χ2v) is 6.86. The van der Waals surface area contributed by atoms with Crippen molar-refractivity contribution in [3.8, 4) is 17.1 Å². The van der Waals surface area contributed by atoms with Crippen LogP contribution in [-0.2, 0) is 10.2 Å². The zero-order valence-corrected chi connectivity index (χ0v) is 15.7. The van der Waals surface area contributed by atoms with E-state index in [2.05, 4.69) is 26.0 Å². The maximum atomic E-state index is 13.0. The molecule has 4 rings (SSSR count). The number of rotatable bonds is 6. The molecule has 1 aliphatic rings. The Morgan fingerprint density at radius 1 is 1.21 bits per heavy atom. The summed E-state index contributed by atoms with van der Waals surface area (Å²) in [5, 5.41) is 3.91. The lowest BCUT2D eigenvalue weighted by molar-refractivity contribution is -0.129. The molecule has 1 saturated carbocycles. The van der Waals surface area contributed by atoms with Crippen molar-refractivity contribution in [1.82, 2.24) is 20.6 Å². The lowest BCUT2D eigenvalue weighted by Crippen LogP contribution is -2.50. The van der Waals surface area contributed by atoms with Gasteiger partial charge in [-0.15, -0.1) is 0 Å². The van der Waals surface area contributed by atoms with Crippen molar-refractivity contribution in [3.63, 3.8) is 0 Å². The topological polar surface area (TPSA) is 102 Å². The van der Waals surface area contributed by atoms with Gasteiger partial charge >= 0.3 is 6.01 Å². The van der Waals surface area contributed by atoms with Gasteiger partial charge in [-0.25, -0.2) is 5.43 Å². The van der Waals surface area contributed by atoms with Crippen molar-refractivity contribution < 1.29 is 14.1 Å². The number of ether oxygens (including phenoxy) is 1. The predicted octanol–water partition coefficient (Wildman–Crippen LogP) is 3.01. The number of benzene rings is 1. The fraction of sp³-hybridized carbons (Fsp3) is 0.300. The molecule has 0 unspecified atom stereocenters. The number of nitrogens with one attached hydrogen (secondary N) is 2. The molecule has 0 aliphatic heterocycles. The van der Waals surface area contributed by atoms with E-state index in [0.717, 1.165) is 41.7 Å². The Bertz CT molecular complexity index is 983. The summed E-state index contributed by atoms with van der Waals surface area (Å²) in [6.07, 6.45) is 5.85. The van der Waals surface area contributed by atoms with Crippen LogP contribution in [0, 0.1) is 6.92 Å². The van der Waals surface area contributed by atoms with Crippen LogP contribution in [0.1, 0.15) is 30.4 Å². The fourth-order valence-electron chi connectivity index (χ4n) is 3.42. The molecule has 1 amide bonds. The summed E-state index contributed by atoms with van der Waals surface area (Å²) in [4.78, 5) is 21.2. The molecular weight excluding hydrogens is 358 g/mol. The first-order chi connectivity index (χ1) is 13.6. The molecule has 0 bridgehead atoms. The number of methoxy groups -OCH3 is 1. The van der Waals surface area contributed by atoms with Crippen LogP contribution >= 0.6 is 0 Å². The summed E-state index contributed by atoms with van der Waals surface area (Å²) in [6, 6.07) is 9.60. The largest absolute Gasteiger partial charge is 0.496 e. The maximum absolute atomic E-state index is 13.0. The van der Waals surface area contributed by atoms with E-state index < -0.39 is 5.41 Å². The summed E-state index contributed by atoms with van der Waals surface area (Å²) in [7, 11) is 1.64. The van der Waals surface area contributed by atoms with Gasteiger partial charge in [-0.05, 0) is 49.1 Å². The number of amides is 1. The first-order valence-electron chi connectivity index (χ1n) is 9.08. The number of aryl methyl sites for hydroxylation is 1. The summed E-state index contributed by atoms with van der Waals surface area (Å²) in [5.41, 5.74) is 7.63. The van der Waals surface area contributed by atoms with Gasteiger partial charge in [0.15, 0.2) is 0 Å². The van der Waals surface area contributed by atoms with Gasteiger partial charge in [0, 0.05) is 18.0 Å². The molecule has 1 aliphatic carbocycles. The van der Waals surface area contributed by atoms with Gasteiger partial charge in [0.05, 0.1) is 12.5 Å². The number of hydrogen-bond acceptors (Lipinski definition) is 7. The van der Waals surface area contributed by atoms with E-state index >= 15 is 0 Å². The van der Waals surface area contributed by atoms with Crippen LogP contribution in [0.25, 0.3) is 11.4 Å². The van der Waals surface area contributed by atoms with Gasteiger partial charge in [-0.1, -0.05) is 23.7 Å². The summed E-state index contributed by atoms with van der Waals surface area (Å²) >= 11 is 0. The third kappa shape index (κ3) is 3.17. The quantitative estimate of drug-likeness (QED) is 0.635. The van der Waals surface area contributed by atoms with Crippen LogP contribution in [0.3, 0.4) is 0 Å². The zero-order valence-electron chi connectivity index (χ0n) is 15.7.